The summed E-state index contributed by atoms with van der Waals surface area (Å²) in [5.74, 6) is 0. The van der Waals surface area contributed by atoms with E-state index >= 15 is 0 Å². The van der Waals surface area contributed by atoms with Gasteiger partial charge >= 0.3 is 6.03 Å². The normalized spacial score (nSPS) is 29.8. The van der Waals surface area contributed by atoms with Crippen LogP contribution in [0.2, 0.25) is 0 Å². The number of carbonyl (C=O) groups is 1. The fourth-order valence-electron chi connectivity index (χ4n) is 3.64. The summed E-state index contributed by atoms with van der Waals surface area (Å²) in [6.45, 7) is 11.0. The Labute approximate surface area is 138 Å². The molecule has 3 heterocycles. The molecule has 0 bridgehead atoms. The number of morpholine rings is 1. The maximum atomic E-state index is 12.7. The van der Waals surface area contributed by atoms with Crippen molar-refractivity contribution in [3.05, 3.63) is 0 Å². The molecule has 3 aliphatic heterocycles. The zero-order valence-electron chi connectivity index (χ0n) is 13.5. The molecule has 126 valence electrons. The molecule has 0 N–H and O–H groups in total. The van der Waals surface area contributed by atoms with Crippen molar-refractivity contribution in [3.63, 3.8) is 0 Å². The Morgan fingerprint density at radius 3 is 2.36 bits per heavy atom. The van der Waals surface area contributed by atoms with Crippen molar-refractivity contribution in [2.24, 2.45) is 0 Å². The SMILES string of the molecule is CC(S)N1CCN(C(=O)N2CCC(N3CCOCC3)C2)CC1. The third-order valence-corrected chi connectivity index (χ3v) is 5.44. The van der Waals surface area contributed by atoms with E-state index in [9.17, 15) is 4.79 Å². The van der Waals surface area contributed by atoms with Crippen LogP contribution in [-0.4, -0.2) is 103 Å². The summed E-state index contributed by atoms with van der Waals surface area (Å²) >= 11 is 4.48. The summed E-state index contributed by atoms with van der Waals surface area (Å²) in [5.41, 5.74) is 0. The lowest BCUT2D eigenvalue weighted by Crippen LogP contribution is -2.54. The van der Waals surface area contributed by atoms with E-state index in [0.717, 1.165) is 72.0 Å². The van der Waals surface area contributed by atoms with Crippen LogP contribution in [0.5, 0.6) is 0 Å². The number of rotatable bonds is 2. The second kappa shape index (κ2) is 7.38. The molecule has 2 unspecified atom stereocenters. The van der Waals surface area contributed by atoms with E-state index in [1.165, 1.54) is 0 Å². The maximum Gasteiger partial charge on any atom is 0.320 e. The van der Waals surface area contributed by atoms with Crippen LogP contribution in [0.4, 0.5) is 4.79 Å². The van der Waals surface area contributed by atoms with Gasteiger partial charge in [-0.15, -0.1) is 0 Å². The van der Waals surface area contributed by atoms with Crippen LogP contribution in [0.1, 0.15) is 13.3 Å². The summed E-state index contributed by atoms with van der Waals surface area (Å²) in [6, 6.07) is 0.744. The molecule has 0 aromatic rings. The molecule has 0 saturated carbocycles. The van der Waals surface area contributed by atoms with E-state index in [2.05, 4.69) is 29.4 Å². The van der Waals surface area contributed by atoms with Crippen molar-refractivity contribution in [1.29, 1.82) is 0 Å². The van der Waals surface area contributed by atoms with Crippen LogP contribution >= 0.6 is 12.6 Å². The van der Waals surface area contributed by atoms with E-state index in [1.54, 1.807) is 0 Å². The predicted octanol–water partition coefficient (Wildman–Crippen LogP) is 0.406. The van der Waals surface area contributed by atoms with Crippen molar-refractivity contribution < 1.29 is 9.53 Å². The highest BCUT2D eigenvalue weighted by Crippen LogP contribution is 2.19. The first kappa shape index (κ1) is 16.4. The molecule has 2 atom stereocenters. The lowest BCUT2D eigenvalue weighted by Gasteiger charge is -2.38. The zero-order chi connectivity index (χ0) is 15.5. The Hall–Kier alpha value is -0.500. The third kappa shape index (κ3) is 3.69. The average molecular weight is 328 g/mol. The fourth-order valence-corrected chi connectivity index (χ4v) is 3.87. The van der Waals surface area contributed by atoms with Crippen molar-refractivity contribution in [2.75, 3.05) is 65.6 Å². The van der Waals surface area contributed by atoms with Crippen LogP contribution in [-0.2, 0) is 4.74 Å². The number of urea groups is 1. The maximum absolute atomic E-state index is 12.7. The summed E-state index contributed by atoms with van der Waals surface area (Å²) in [6.07, 6.45) is 1.10. The van der Waals surface area contributed by atoms with E-state index in [1.807, 2.05) is 9.80 Å². The Bertz CT molecular complexity index is 382. The minimum absolute atomic E-state index is 0.224. The van der Waals surface area contributed by atoms with Crippen LogP contribution in [0.25, 0.3) is 0 Å². The van der Waals surface area contributed by atoms with E-state index in [0.29, 0.717) is 6.04 Å². The van der Waals surface area contributed by atoms with Crippen molar-refractivity contribution in [1.82, 2.24) is 19.6 Å². The molecule has 0 aromatic carbocycles. The molecule has 0 spiro atoms. The molecule has 6 nitrogen and oxygen atoms in total. The average Bonchev–Trinajstić information content (AvgIpc) is 3.05. The number of hydrogen-bond donors (Lipinski definition) is 1. The van der Waals surface area contributed by atoms with Crippen LogP contribution < -0.4 is 0 Å². The summed E-state index contributed by atoms with van der Waals surface area (Å²) in [4.78, 5) is 21.5. The first-order valence-electron chi connectivity index (χ1n) is 8.43. The van der Waals surface area contributed by atoms with Gasteiger partial charge in [0.05, 0.1) is 18.6 Å². The monoisotopic (exact) mass is 328 g/mol. The first-order valence-corrected chi connectivity index (χ1v) is 8.94. The highest BCUT2D eigenvalue weighted by Gasteiger charge is 2.34. The molecule has 3 rings (SSSR count). The molecule has 7 heteroatoms. The molecule has 2 amide bonds. The number of carbonyl (C=O) groups excluding carboxylic acids is 1. The summed E-state index contributed by atoms with van der Waals surface area (Å²) < 4.78 is 5.42. The van der Waals surface area contributed by atoms with Gasteiger partial charge in [0.1, 0.15) is 0 Å². The highest BCUT2D eigenvalue weighted by atomic mass is 32.1. The van der Waals surface area contributed by atoms with Crippen molar-refractivity contribution in [2.45, 2.75) is 24.8 Å². The van der Waals surface area contributed by atoms with Gasteiger partial charge in [0.25, 0.3) is 0 Å². The molecular weight excluding hydrogens is 300 g/mol. The number of nitrogens with zero attached hydrogens (tertiary/aromatic N) is 4. The number of likely N-dealkylation sites (tertiary alicyclic amines) is 1. The van der Waals surface area contributed by atoms with Gasteiger partial charge in [0.15, 0.2) is 0 Å². The molecule has 0 aliphatic carbocycles. The number of amides is 2. The van der Waals surface area contributed by atoms with Gasteiger partial charge in [0, 0.05) is 58.4 Å². The third-order valence-electron chi connectivity index (χ3n) is 5.11. The molecular formula is C15H28N4O2S. The second-order valence-electron chi connectivity index (χ2n) is 6.47. The number of ether oxygens (including phenoxy) is 1. The van der Waals surface area contributed by atoms with Crippen molar-refractivity contribution in [3.8, 4) is 0 Å². The first-order chi connectivity index (χ1) is 10.6. The van der Waals surface area contributed by atoms with Gasteiger partial charge in [-0.1, -0.05) is 0 Å². The van der Waals surface area contributed by atoms with Crippen LogP contribution in [0.3, 0.4) is 0 Å². The smallest absolute Gasteiger partial charge is 0.320 e. The second-order valence-corrected chi connectivity index (χ2v) is 7.22. The molecule has 0 aromatic heterocycles. The molecule has 22 heavy (non-hydrogen) atoms. The van der Waals surface area contributed by atoms with Gasteiger partial charge < -0.3 is 14.5 Å². The van der Waals surface area contributed by atoms with Gasteiger partial charge in [-0.25, -0.2) is 4.79 Å². The van der Waals surface area contributed by atoms with Crippen molar-refractivity contribution >= 4 is 18.7 Å². The van der Waals surface area contributed by atoms with Gasteiger partial charge in [-0.3, -0.25) is 9.80 Å². The van der Waals surface area contributed by atoms with E-state index in [4.69, 9.17) is 4.74 Å². The minimum atomic E-state index is 0.224. The predicted molar refractivity (Wildman–Crippen MR) is 89.4 cm³/mol. The Kier molecular flexibility index (Phi) is 5.49. The molecule has 3 saturated heterocycles. The van der Waals surface area contributed by atoms with E-state index in [-0.39, 0.29) is 11.4 Å². The Morgan fingerprint density at radius 1 is 1.05 bits per heavy atom. The highest BCUT2D eigenvalue weighted by molar-refractivity contribution is 7.80. The number of hydrogen-bond acceptors (Lipinski definition) is 5. The minimum Gasteiger partial charge on any atom is -0.379 e. The lowest BCUT2D eigenvalue weighted by molar-refractivity contribution is 0.0187. The topological polar surface area (TPSA) is 39.3 Å². The van der Waals surface area contributed by atoms with Gasteiger partial charge in [-0.2, -0.15) is 12.6 Å². The summed E-state index contributed by atoms with van der Waals surface area (Å²) in [5, 5.41) is 0.273. The molecule has 3 fully saturated rings. The Balaban J connectivity index is 1.47. The van der Waals surface area contributed by atoms with E-state index < -0.39 is 0 Å². The quantitative estimate of drug-likeness (QED) is 0.745. The zero-order valence-corrected chi connectivity index (χ0v) is 14.4. The number of thiol groups is 1. The lowest BCUT2D eigenvalue weighted by atomic mass is 10.2. The fraction of sp³-hybridized carbons (Fsp3) is 0.933. The Morgan fingerprint density at radius 2 is 1.73 bits per heavy atom. The summed E-state index contributed by atoms with van der Waals surface area (Å²) in [7, 11) is 0. The molecule has 3 aliphatic rings. The van der Waals surface area contributed by atoms with Crippen LogP contribution in [0.15, 0.2) is 0 Å². The van der Waals surface area contributed by atoms with Gasteiger partial charge in [-0.05, 0) is 13.3 Å². The largest absolute Gasteiger partial charge is 0.379 e. The molecule has 0 radical (unpaired) electrons. The number of piperazine rings is 1. The van der Waals surface area contributed by atoms with Crippen LogP contribution in [0, 0.1) is 0 Å². The standard InChI is InChI=1S/C15H28N4O2S/c1-13(22)16-4-6-18(7-5-16)15(20)19-3-2-14(12-19)17-8-10-21-11-9-17/h13-14,22H,2-12H2,1H3. The van der Waals surface area contributed by atoms with Gasteiger partial charge in [0.2, 0.25) is 0 Å².